The molecule has 0 radical (unpaired) electrons. The molecule has 31 heavy (non-hydrogen) atoms. The van der Waals surface area contributed by atoms with Gasteiger partial charge in [-0.1, -0.05) is 0 Å². The van der Waals surface area contributed by atoms with Crippen LogP contribution in [0.5, 0.6) is 0 Å². The maximum atomic E-state index is 13.4. The molecule has 3 aromatic rings. The summed E-state index contributed by atoms with van der Waals surface area (Å²) in [5.74, 6) is 0.0731. The molecule has 2 atom stereocenters. The number of anilines is 1. The highest BCUT2D eigenvalue weighted by atomic mass is 32.2. The number of hydrogen-bond donors (Lipinski definition) is 0. The number of hydrogen-bond acceptors (Lipinski definition) is 5. The quantitative estimate of drug-likeness (QED) is 0.547. The highest BCUT2D eigenvalue weighted by Gasteiger charge is 2.44. The molecule has 0 saturated heterocycles. The topological polar surface area (TPSA) is 76.8 Å². The third-order valence-electron chi connectivity index (χ3n) is 6.12. The lowest BCUT2D eigenvalue weighted by molar-refractivity contribution is 0.0528. The van der Waals surface area contributed by atoms with Gasteiger partial charge in [0.15, 0.2) is 0 Å². The largest absolute Gasteiger partial charge is 0.462 e. The summed E-state index contributed by atoms with van der Waals surface area (Å²) in [6, 6.07) is 9.27. The van der Waals surface area contributed by atoms with Crippen LogP contribution < -0.4 is 4.31 Å². The first kappa shape index (κ1) is 20.1. The lowest BCUT2D eigenvalue weighted by Crippen LogP contribution is -2.31. The van der Waals surface area contributed by atoms with Crippen LogP contribution in [0.1, 0.15) is 41.6 Å². The van der Waals surface area contributed by atoms with Gasteiger partial charge in [-0.2, -0.15) is 0 Å². The van der Waals surface area contributed by atoms with Crippen LogP contribution in [0.3, 0.4) is 0 Å². The average Bonchev–Trinajstić information content (AvgIpc) is 3.40. The Morgan fingerprint density at radius 1 is 1.26 bits per heavy atom. The highest BCUT2D eigenvalue weighted by molar-refractivity contribution is 7.92. The number of sulfonamides is 1. The van der Waals surface area contributed by atoms with Gasteiger partial charge >= 0.3 is 5.97 Å². The highest BCUT2D eigenvalue weighted by Crippen LogP contribution is 2.56. The maximum absolute atomic E-state index is 13.4. The Hall–Kier alpha value is -2.87. The molecule has 1 aliphatic heterocycles. The van der Waals surface area contributed by atoms with Crippen LogP contribution >= 0.6 is 0 Å². The molecular weight excluding hydrogens is 421 g/mol. The number of benzene rings is 2. The van der Waals surface area contributed by atoms with Gasteiger partial charge in [-0.25, -0.2) is 17.6 Å². The van der Waals surface area contributed by atoms with E-state index in [1.807, 2.05) is 6.07 Å². The molecule has 8 heteroatoms. The van der Waals surface area contributed by atoms with Gasteiger partial charge in [0.1, 0.15) is 22.7 Å². The van der Waals surface area contributed by atoms with Crippen LogP contribution in [0.15, 0.2) is 40.8 Å². The number of fused-ring (bicyclic) bond motifs is 4. The van der Waals surface area contributed by atoms with E-state index in [0.29, 0.717) is 34.7 Å². The van der Waals surface area contributed by atoms with E-state index in [1.54, 1.807) is 25.1 Å². The number of halogens is 1. The van der Waals surface area contributed by atoms with Crippen LogP contribution in [0.4, 0.5) is 10.1 Å². The zero-order valence-electron chi connectivity index (χ0n) is 17.2. The Kier molecular flexibility index (Phi) is 4.58. The number of rotatable bonds is 4. The van der Waals surface area contributed by atoms with Crippen molar-refractivity contribution in [3.63, 3.8) is 0 Å². The summed E-state index contributed by atoms with van der Waals surface area (Å²) in [5, 5.41) is 0.581. The Morgan fingerprint density at radius 3 is 2.68 bits per heavy atom. The second-order valence-corrected chi connectivity index (χ2v) is 10.1. The van der Waals surface area contributed by atoms with Crippen LogP contribution in [-0.2, 0) is 14.8 Å². The van der Waals surface area contributed by atoms with E-state index in [4.69, 9.17) is 9.15 Å². The zero-order valence-corrected chi connectivity index (χ0v) is 18.0. The minimum atomic E-state index is -3.46. The Morgan fingerprint density at radius 2 is 2.00 bits per heavy atom. The molecule has 2 unspecified atom stereocenters. The maximum Gasteiger partial charge on any atom is 0.342 e. The molecule has 0 bridgehead atoms. The number of carbonyl (C=O) groups excluding carboxylic acids is 1. The summed E-state index contributed by atoms with van der Waals surface area (Å²) in [6.45, 7) is 2.35. The van der Waals surface area contributed by atoms with Crippen molar-refractivity contribution in [3.05, 3.63) is 53.3 Å². The van der Waals surface area contributed by atoms with Crippen molar-refractivity contribution in [1.82, 2.24) is 0 Å². The molecule has 1 aromatic heterocycles. The fourth-order valence-corrected chi connectivity index (χ4v) is 5.52. The molecule has 0 spiro atoms. The molecule has 162 valence electrons. The van der Waals surface area contributed by atoms with E-state index < -0.39 is 21.8 Å². The summed E-state index contributed by atoms with van der Waals surface area (Å²) >= 11 is 0. The van der Waals surface area contributed by atoms with Crippen molar-refractivity contribution < 1.29 is 26.8 Å². The number of nitrogens with zero attached hydrogens (tertiary/aromatic N) is 1. The van der Waals surface area contributed by atoms with Crippen molar-refractivity contribution in [2.24, 2.45) is 5.92 Å². The van der Waals surface area contributed by atoms with E-state index in [0.717, 1.165) is 18.4 Å². The minimum Gasteiger partial charge on any atom is -0.462 e. The SMILES string of the molecule is CCOC(=O)c1c(-c2ccc(F)cc2)oc2cc3c(cc12)C1CC1CCN3S(C)(=O)=O. The molecule has 1 aliphatic carbocycles. The first-order valence-corrected chi connectivity index (χ1v) is 12.1. The predicted octanol–water partition coefficient (Wildman–Crippen LogP) is 4.69. The van der Waals surface area contributed by atoms with Gasteiger partial charge in [0.2, 0.25) is 10.0 Å². The van der Waals surface area contributed by atoms with Gasteiger partial charge in [0.25, 0.3) is 0 Å². The first-order chi connectivity index (χ1) is 14.8. The summed E-state index contributed by atoms with van der Waals surface area (Å²) in [4.78, 5) is 12.9. The van der Waals surface area contributed by atoms with Crippen molar-refractivity contribution in [1.29, 1.82) is 0 Å². The Bertz CT molecular complexity index is 1300. The molecule has 0 amide bonds. The van der Waals surface area contributed by atoms with E-state index >= 15 is 0 Å². The van der Waals surface area contributed by atoms with Crippen molar-refractivity contribution in [3.8, 4) is 11.3 Å². The summed E-state index contributed by atoms with van der Waals surface area (Å²) in [5.41, 5.74) is 2.74. The van der Waals surface area contributed by atoms with E-state index in [1.165, 1.54) is 22.7 Å². The minimum absolute atomic E-state index is 0.200. The van der Waals surface area contributed by atoms with E-state index in [-0.39, 0.29) is 23.8 Å². The Balaban J connectivity index is 1.77. The lowest BCUT2D eigenvalue weighted by Gasteiger charge is -2.23. The fraction of sp³-hybridized carbons (Fsp3) is 0.348. The molecule has 2 heterocycles. The average molecular weight is 443 g/mol. The van der Waals surface area contributed by atoms with Crippen molar-refractivity contribution >= 4 is 32.6 Å². The molecule has 1 fully saturated rings. The standard InChI is InChI=1S/C23H22FNO5S/c1-3-29-23(26)21-18-11-17-16-10-14(16)8-9-25(31(2,27)28)19(17)12-20(18)30-22(21)13-4-6-15(24)7-5-13/h4-7,11-12,14,16H,3,8-10H2,1-2H3. The second kappa shape index (κ2) is 7.09. The number of carbonyl (C=O) groups is 1. The molecular formula is C23H22FNO5S. The van der Waals surface area contributed by atoms with Crippen molar-refractivity contribution in [2.75, 3.05) is 23.7 Å². The van der Waals surface area contributed by atoms with Gasteiger partial charge in [0.05, 0.1) is 18.6 Å². The van der Waals surface area contributed by atoms with Gasteiger partial charge in [-0.15, -0.1) is 0 Å². The monoisotopic (exact) mass is 443 g/mol. The third kappa shape index (κ3) is 3.39. The van der Waals surface area contributed by atoms with Crippen LogP contribution in [-0.4, -0.2) is 33.8 Å². The fourth-order valence-electron chi connectivity index (χ4n) is 4.57. The van der Waals surface area contributed by atoms with Crippen LogP contribution in [0.2, 0.25) is 0 Å². The number of furan rings is 1. The number of esters is 1. The first-order valence-electron chi connectivity index (χ1n) is 10.3. The summed E-state index contributed by atoms with van der Waals surface area (Å²) < 4.78 is 51.2. The summed E-state index contributed by atoms with van der Waals surface area (Å²) in [7, 11) is -3.46. The second-order valence-electron chi connectivity index (χ2n) is 8.17. The molecule has 5 rings (SSSR count). The normalized spacial score (nSPS) is 20.2. The summed E-state index contributed by atoms with van der Waals surface area (Å²) in [6.07, 6.45) is 3.01. The van der Waals surface area contributed by atoms with Gasteiger partial charge in [-0.3, -0.25) is 4.31 Å². The molecule has 2 aromatic carbocycles. The molecule has 6 nitrogen and oxygen atoms in total. The predicted molar refractivity (Wildman–Crippen MR) is 115 cm³/mol. The van der Waals surface area contributed by atoms with E-state index in [2.05, 4.69) is 0 Å². The molecule has 0 N–H and O–H groups in total. The number of ether oxygens (including phenoxy) is 1. The van der Waals surface area contributed by atoms with Gasteiger partial charge in [0, 0.05) is 23.6 Å². The third-order valence-corrected chi connectivity index (χ3v) is 7.30. The molecule has 1 saturated carbocycles. The van der Waals surface area contributed by atoms with E-state index in [9.17, 15) is 17.6 Å². The van der Waals surface area contributed by atoms with Crippen LogP contribution in [0.25, 0.3) is 22.3 Å². The van der Waals surface area contributed by atoms with Gasteiger partial charge in [-0.05, 0) is 67.5 Å². The smallest absolute Gasteiger partial charge is 0.342 e. The van der Waals surface area contributed by atoms with Gasteiger partial charge < -0.3 is 9.15 Å². The van der Waals surface area contributed by atoms with Crippen LogP contribution in [0, 0.1) is 11.7 Å². The zero-order chi connectivity index (χ0) is 21.9. The van der Waals surface area contributed by atoms with Crippen molar-refractivity contribution in [2.45, 2.75) is 25.7 Å². The molecule has 2 aliphatic rings. The Labute approximate surface area is 179 Å². The lowest BCUT2D eigenvalue weighted by atomic mass is 10.0.